The molecule has 3 rings (SSSR count). The van der Waals surface area contributed by atoms with E-state index < -0.39 is 9.84 Å². The monoisotopic (exact) mass is 436 g/mol. The van der Waals surface area contributed by atoms with Crippen molar-refractivity contribution >= 4 is 39.1 Å². The summed E-state index contributed by atoms with van der Waals surface area (Å²) in [5.74, 6) is 1.57. The quantitative estimate of drug-likeness (QED) is 0.518. The highest BCUT2D eigenvalue weighted by Gasteiger charge is 2.09. The molecular weight excluding hydrogens is 420 g/mol. The van der Waals surface area contributed by atoms with Gasteiger partial charge in [-0.15, -0.1) is 0 Å². The van der Waals surface area contributed by atoms with Gasteiger partial charge in [-0.2, -0.15) is 0 Å². The zero-order valence-electron chi connectivity index (χ0n) is 15.0. The molecule has 0 radical (unpaired) electrons. The van der Waals surface area contributed by atoms with Gasteiger partial charge in [-0.25, -0.2) is 8.42 Å². The summed E-state index contributed by atoms with van der Waals surface area (Å²) in [7, 11) is -1.65. The largest absolute Gasteiger partial charge is 0.493 e. The molecular formula is C19H17ClN2O4S2. The second-order valence-corrected chi connectivity index (χ2v) is 9.09. The van der Waals surface area contributed by atoms with Crippen molar-refractivity contribution < 1.29 is 17.9 Å². The van der Waals surface area contributed by atoms with Crippen LogP contribution in [0.5, 0.6) is 17.2 Å². The van der Waals surface area contributed by atoms with Crippen molar-refractivity contribution in [3.8, 4) is 17.2 Å². The molecule has 0 saturated carbocycles. The Bertz CT molecular complexity index is 1070. The molecule has 6 nitrogen and oxygen atoms in total. The molecule has 9 heteroatoms. The molecule has 0 atom stereocenters. The van der Waals surface area contributed by atoms with Crippen molar-refractivity contribution in [2.24, 2.45) is 0 Å². The number of rotatable bonds is 7. The molecule has 0 bridgehead atoms. The lowest BCUT2D eigenvalue weighted by molar-refractivity contribution is 0.378. The number of benzene rings is 2. The van der Waals surface area contributed by atoms with E-state index >= 15 is 0 Å². The number of methoxy groups -OCH3 is 1. The third-order valence-corrected chi connectivity index (χ3v) is 5.79. The average molecular weight is 437 g/mol. The van der Waals surface area contributed by atoms with Crippen molar-refractivity contribution in [2.75, 3.05) is 18.1 Å². The molecule has 28 heavy (non-hydrogen) atoms. The molecule has 0 unspecified atom stereocenters. The van der Waals surface area contributed by atoms with Gasteiger partial charge in [0.15, 0.2) is 21.3 Å². The van der Waals surface area contributed by atoms with Gasteiger partial charge < -0.3 is 14.2 Å². The number of anilines is 1. The maximum atomic E-state index is 11.5. The van der Waals surface area contributed by atoms with E-state index in [-0.39, 0.29) is 4.90 Å². The van der Waals surface area contributed by atoms with Crippen LogP contribution < -0.4 is 14.2 Å². The Morgan fingerprint density at radius 3 is 2.43 bits per heavy atom. The second kappa shape index (κ2) is 8.72. The molecule has 0 aliphatic rings. The van der Waals surface area contributed by atoms with Gasteiger partial charge in [0.1, 0.15) is 5.75 Å². The lowest BCUT2D eigenvalue weighted by atomic mass is 10.3. The fourth-order valence-corrected chi connectivity index (χ4v) is 3.69. The van der Waals surface area contributed by atoms with Crippen LogP contribution in [-0.4, -0.2) is 26.8 Å². The molecule has 0 aliphatic carbocycles. The third kappa shape index (κ3) is 5.31. The van der Waals surface area contributed by atoms with Crippen molar-refractivity contribution in [3.05, 3.63) is 65.9 Å². The van der Waals surface area contributed by atoms with Gasteiger partial charge >= 0.3 is 0 Å². The predicted octanol–water partition coefficient (Wildman–Crippen LogP) is 5.06. The minimum Gasteiger partial charge on any atom is -0.493 e. The minimum absolute atomic E-state index is 0.288. The molecule has 0 amide bonds. The fraction of sp³-hybridized carbons (Fsp3) is 0.105. The maximum absolute atomic E-state index is 11.5. The van der Waals surface area contributed by atoms with E-state index in [9.17, 15) is 8.42 Å². The van der Waals surface area contributed by atoms with Gasteiger partial charge in [0.25, 0.3) is 0 Å². The van der Waals surface area contributed by atoms with Crippen LogP contribution >= 0.6 is 23.5 Å². The van der Waals surface area contributed by atoms with E-state index in [0.29, 0.717) is 22.3 Å². The smallest absolute Gasteiger partial charge is 0.175 e. The van der Waals surface area contributed by atoms with Crippen LogP contribution in [0.3, 0.4) is 0 Å². The number of pyridine rings is 1. The predicted molar refractivity (Wildman–Crippen MR) is 111 cm³/mol. The number of nitrogens with one attached hydrogen (secondary N) is 1. The number of nitrogens with zero attached hydrogens (tertiary/aromatic N) is 1. The number of hydrogen-bond donors (Lipinski definition) is 1. The standard InChI is InChI=1S/C19H17ClN2O4S2/c1-25-19-10-14(3-8-18(19)26-15-9-13(20)11-21-12-15)22-27-16-4-6-17(7-5-16)28(2,23)24/h3-12,22H,1-2H3. The van der Waals surface area contributed by atoms with Crippen molar-refractivity contribution in [1.29, 1.82) is 0 Å². The summed E-state index contributed by atoms with van der Waals surface area (Å²) in [5.41, 5.74) is 0.797. The summed E-state index contributed by atoms with van der Waals surface area (Å²) in [5, 5.41) is 0.480. The van der Waals surface area contributed by atoms with Crippen LogP contribution in [0.25, 0.3) is 0 Å². The van der Waals surface area contributed by atoms with E-state index in [1.54, 1.807) is 55.8 Å². The molecule has 0 aliphatic heterocycles. The minimum atomic E-state index is -3.20. The van der Waals surface area contributed by atoms with Gasteiger partial charge in [-0.1, -0.05) is 11.6 Å². The summed E-state index contributed by atoms with van der Waals surface area (Å²) in [6.07, 6.45) is 4.27. The van der Waals surface area contributed by atoms with E-state index in [0.717, 1.165) is 10.6 Å². The van der Waals surface area contributed by atoms with E-state index in [1.165, 1.54) is 24.4 Å². The van der Waals surface area contributed by atoms with Crippen LogP contribution in [0.4, 0.5) is 5.69 Å². The van der Waals surface area contributed by atoms with Crippen LogP contribution in [0.2, 0.25) is 5.02 Å². The highest BCUT2D eigenvalue weighted by atomic mass is 35.5. The average Bonchev–Trinajstić information content (AvgIpc) is 2.67. The first-order valence-electron chi connectivity index (χ1n) is 8.04. The summed E-state index contributed by atoms with van der Waals surface area (Å²) in [6, 6.07) is 13.7. The number of halogens is 1. The third-order valence-electron chi connectivity index (χ3n) is 3.61. The highest BCUT2D eigenvalue weighted by Crippen LogP contribution is 2.35. The Kier molecular flexibility index (Phi) is 6.33. The van der Waals surface area contributed by atoms with Crippen molar-refractivity contribution in [2.45, 2.75) is 9.79 Å². The normalized spacial score (nSPS) is 11.1. The van der Waals surface area contributed by atoms with Crippen molar-refractivity contribution in [1.82, 2.24) is 4.98 Å². The van der Waals surface area contributed by atoms with Crippen LogP contribution in [0.15, 0.2) is 70.7 Å². The van der Waals surface area contributed by atoms with E-state index in [2.05, 4.69) is 9.71 Å². The topological polar surface area (TPSA) is 77.5 Å². The maximum Gasteiger partial charge on any atom is 0.175 e. The molecule has 2 aromatic carbocycles. The highest BCUT2D eigenvalue weighted by molar-refractivity contribution is 8.00. The van der Waals surface area contributed by atoms with Gasteiger partial charge in [0.05, 0.1) is 23.2 Å². The van der Waals surface area contributed by atoms with E-state index in [1.807, 2.05) is 6.07 Å². The number of aromatic nitrogens is 1. The summed E-state index contributed by atoms with van der Waals surface area (Å²) in [6.45, 7) is 0. The Balaban J connectivity index is 1.70. The zero-order valence-corrected chi connectivity index (χ0v) is 17.4. The van der Waals surface area contributed by atoms with Gasteiger partial charge in [-0.05, 0) is 48.3 Å². The lowest BCUT2D eigenvalue weighted by Gasteiger charge is -2.13. The fourth-order valence-electron chi connectivity index (χ4n) is 2.26. The number of hydrogen-bond acceptors (Lipinski definition) is 7. The van der Waals surface area contributed by atoms with Gasteiger partial charge in [0, 0.05) is 35.2 Å². The summed E-state index contributed by atoms with van der Waals surface area (Å²) < 4.78 is 37.4. The zero-order chi connectivity index (χ0) is 20.1. The Morgan fingerprint density at radius 2 is 1.79 bits per heavy atom. The molecule has 1 aromatic heterocycles. The van der Waals surface area contributed by atoms with Gasteiger partial charge in [-0.3, -0.25) is 4.98 Å². The first kappa shape index (κ1) is 20.3. The number of sulfone groups is 1. The van der Waals surface area contributed by atoms with Crippen molar-refractivity contribution in [3.63, 3.8) is 0 Å². The molecule has 146 valence electrons. The van der Waals surface area contributed by atoms with E-state index in [4.69, 9.17) is 21.1 Å². The van der Waals surface area contributed by atoms with Gasteiger partial charge in [0.2, 0.25) is 0 Å². The Hall–Kier alpha value is -2.42. The molecule has 1 N–H and O–H groups in total. The molecule has 1 heterocycles. The summed E-state index contributed by atoms with van der Waals surface area (Å²) >= 11 is 7.28. The Morgan fingerprint density at radius 1 is 1.04 bits per heavy atom. The van der Waals surface area contributed by atoms with Crippen LogP contribution in [0, 0.1) is 0 Å². The second-order valence-electron chi connectivity index (χ2n) is 5.75. The molecule has 3 aromatic rings. The molecule has 0 fully saturated rings. The molecule has 0 saturated heterocycles. The van der Waals surface area contributed by atoms with Crippen LogP contribution in [0.1, 0.15) is 0 Å². The lowest BCUT2D eigenvalue weighted by Crippen LogP contribution is -1.96. The first-order valence-corrected chi connectivity index (χ1v) is 11.1. The SMILES string of the molecule is COc1cc(NSc2ccc(S(C)(=O)=O)cc2)ccc1Oc1cncc(Cl)c1. The molecule has 0 spiro atoms. The number of ether oxygens (including phenoxy) is 2. The Labute approximate surface area is 172 Å². The van der Waals surface area contributed by atoms with Crippen LogP contribution in [-0.2, 0) is 9.84 Å². The first-order chi connectivity index (χ1) is 13.3. The summed E-state index contributed by atoms with van der Waals surface area (Å²) in [4.78, 5) is 5.15.